The first-order valence-electron chi connectivity index (χ1n) is 7.07. The van der Waals surface area contributed by atoms with Gasteiger partial charge in [0.25, 0.3) is 0 Å². The van der Waals surface area contributed by atoms with Crippen molar-refractivity contribution in [2.75, 3.05) is 30.5 Å². The summed E-state index contributed by atoms with van der Waals surface area (Å²) in [5, 5.41) is 6.29. The Hall–Kier alpha value is -1.96. The van der Waals surface area contributed by atoms with Gasteiger partial charge in [0.05, 0.1) is 19.3 Å². The molecular formula is C16H16Cl2N2O4S. The third-order valence-corrected chi connectivity index (χ3v) is 4.76. The monoisotopic (exact) mass is 402 g/mol. The molecule has 0 radical (unpaired) electrons. The summed E-state index contributed by atoms with van der Waals surface area (Å²) < 4.78 is 28.9. The Balaban J connectivity index is 2.16. The van der Waals surface area contributed by atoms with E-state index in [2.05, 4.69) is 10.6 Å². The second-order valence-corrected chi connectivity index (χ2v) is 8.02. The largest absolute Gasteiger partial charge is 0.493 e. The van der Waals surface area contributed by atoms with Crippen molar-refractivity contribution in [3.63, 3.8) is 0 Å². The van der Waals surface area contributed by atoms with Crippen molar-refractivity contribution in [1.82, 2.24) is 0 Å². The summed E-state index contributed by atoms with van der Waals surface area (Å²) >= 11 is 11.8. The second-order valence-electron chi connectivity index (χ2n) is 5.17. The van der Waals surface area contributed by atoms with E-state index in [1.54, 1.807) is 24.3 Å². The van der Waals surface area contributed by atoms with Gasteiger partial charge in [-0.2, -0.15) is 0 Å². The number of anilines is 2. The van der Waals surface area contributed by atoms with Crippen molar-refractivity contribution in [3.8, 4) is 5.75 Å². The topological polar surface area (TPSA) is 84.5 Å². The van der Waals surface area contributed by atoms with Crippen LogP contribution in [0.3, 0.4) is 0 Å². The molecule has 0 aromatic heterocycles. The minimum atomic E-state index is -3.54. The fraction of sp³-hybridized carbons (Fsp3) is 0.188. The molecule has 0 bridgehead atoms. The number of methoxy groups -OCH3 is 1. The highest BCUT2D eigenvalue weighted by Crippen LogP contribution is 2.35. The standard InChI is InChI=1S/C16H16Cl2N2O4S/c1-24-16-13(7-11(18)8-14(16)25(2,22)23)19-9-15(21)20-12-5-3-10(17)4-6-12/h3-8,19H,9H2,1-2H3,(H,20,21). The van der Waals surface area contributed by atoms with Crippen LogP contribution in [-0.2, 0) is 14.6 Å². The van der Waals surface area contributed by atoms with E-state index in [0.717, 1.165) is 6.26 Å². The molecule has 0 fully saturated rings. The summed E-state index contributed by atoms with van der Waals surface area (Å²) in [5.41, 5.74) is 0.896. The van der Waals surface area contributed by atoms with Gasteiger partial charge in [-0.05, 0) is 36.4 Å². The second kappa shape index (κ2) is 7.95. The minimum absolute atomic E-state index is 0.0527. The van der Waals surface area contributed by atoms with Crippen molar-refractivity contribution in [1.29, 1.82) is 0 Å². The zero-order valence-electron chi connectivity index (χ0n) is 13.5. The average Bonchev–Trinajstić information content (AvgIpc) is 2.53. The molecule has 0 aliphatic heterocycles. The van der Waals surface area contributed by atoms with Crippen LogP contribution in [-0.4, -0.2) is 34.2 Å². The van der Waals surface area contributed by atoms with E-state index >= 15 is 0 Å². The van der Waals surface area contributed by atoms with Gasteiger partial charge in [-0.15, -0.1) is 0 Å². The lowest BCUT2D eigenvalue weighted by Gasteiger charge is -2.15. The van der Waals surface area contributed by atoms with Crippen LogP contribution in [0, 0.1) is 0 Å². The van der Waals surface area contributed by atoms with E-state index in [0.29, 0.717) is 16.4 Å². The summed E-state index contributed by atoms with van der Waals surface area (Å²) in [6.07, 6.45) is 1.05. The van der Waals surface area contributed by atoms with Crippen molar-refractivity contribution < 1.29 is 17.9 Å². The predicted octanol–water partition coefficient (Wildman–Crippen LogP) is 3.46. The lowest BCUT2D eigenvalue weighted by molar-refractivity contribution is -0.114. The number of halogens is 2. The first-order chi connectivity index (χ1) is 11.7. The van der Waals surface area contributed by atoms with Crippen molar-refractivity contribution in [2.24, 2.45) is 0 Å². The van der Waals surface area contributed by atoms with E-state index in [1.165, 1.54) is 19.2 Å². The number of hydrogen-bond donors (Lipinski definition) is 2. The molecule has 2 N–H and O–H groups in total. The number of amides is 1. The number of hydrogen-bond acceptors (Lipinski definition) is 5. The molecule has 0 heterocycles. The van der Waals surface area contributed by atoms with Gasteiger partial charge in [0.2, 0.25) is 5.91 Å². The van der Waals surface area contributed by atoms with E-state index in [-0.39, 0.29) is 28.1 Å². The highest BCUT2D eigenvalue weighted by Gasteiger charge is 2.19. The van der Waals surface area contributed by atoms with Gasteiger partial charge in [-0.25, -0.2) is 8.42 Å². The Morgan fingerprint density at radius 1 is 1.12 bits per heavy atom. The van der Waals surface area contributed by atoms with Crippen molar-refractivity contribution >= 4 is 50.3 Å². The molecule has 9 heteroatoms. The van der Waals surface area contributed by atoms with Gasteiger partial charge in [0, 0.05) is 22.0 Å². The smallest absolute Gasteiger partial charge is 0.243 e. The average molecular weight is 403 g/mol. The number of carbonyl (C=O) groups is 1. The molecule has 0 aliphatic rings. The van der Waals surface area contributed by atoms with Crippen LogP contribution >= 0.6 is 23.2 Å². The van der Waals surface area contributed by atoms with E-state index in [9.17, 15) is 13.2 Å². The zero-order valence-corrected chi connectivity index (χ0v) is 15.8. The van der Waals surface area contributed by atoms with Gasteiger partial charge in [-0.1, -0.05) is 23.2 Å². The summed E-state index contributed by atoms with van der Waals surface area (Å²) in [6.45, 7) is -0.109. The molecule has 0 saturated heterocycles. The molecule has 1 amide bonds. The van der Waals surface area contributed by atoms with E-state index in [4.69, 9.17) is 27.9 Å². The first kappa shape index (κ1) is 19.4. The summed E-state index contributed by atoms with van der Waals surface area (Å²) in [5.74, 6) is -0.226. The molecule has 2 rings (SSSR count). The Morgan fingerprint density at radius 2 is 1.76 bits per heavy atom. The molecule has 2 aromatic carbocycles. The Bertz CT molecular complexity index is 884. The summed E-state index contributed by atoms with van der Waals surface area (Å²) in [4.78, 5) is 12.0. The molecule has 0 aliphatic carbocycles. The van der Waals surface area contributed by atoms with Gasteiger partial charge >= 0.3 is 0 Å². The molecule has 25 heavy (non-hydrogen) atoms. The first-order valence-corrected chi connectivity index (χ1v) is 9.72. The zero-order chi connectivity index (χ0) is 18.6. The lowest BCUT2D eigenvalue weighted by atomic mass is 10.3. The van der Waals surface area contributed by atoms with E-state index < -0.39 is 9.84 Å². The van der Waals surface area contributed by atoms with Gasteiger partial charge in [0.15, 0.2) is 15.6 Å². The highest BCUT2D eigenvalue weighted by atomic mass is 35.5. The maximum absolute atomic E-state index is 12.0. The maximum atomic E-state index is 12.0. The predicted molar refractivity (Wildman–Crippen MR) is 99.7 cm³/mol. The molecule has 0 unspecified atom stereocenters. The van der Waals surface area contributed by atoms with Crippen LogP contribution in [0.4, 0.5) is 11.4 Å². The van der Waals surface area contributed by atoms with Crippen LogP contribution in [0.5, 0.6) is 5.75 Å². The number of ether oxygens (including phenoxy) is 1. The van der Waals surface area contributed by atoms with Crippen molar-refractivity contribution in [2.45, 2.75) is 4.90 Å². The molecule has 6 nitrogen and oxygen atoms in total. The quantitative estimate of drug-likeness (QED) is 0.772. The lowest BCUT2D eigenvalue weighted by Crippen LogP contribution is -2.22. The van der Waals surface area contributed by atoms with Gasteiger partial charge < -0.3 is 15.4 Å². The molecule has 0 saturated carbocycles. The van der Waals surface area contributed by atoms with Gasteiger partial charge in [-0.3, -0.25) is 4.79 Å². The fourth-order valence-electron chi connectivity index (χ4n) is 2.10. The molecule has 0 atom stereocenters. The number of carbonyl (C=O) groups excluding carboxylic acids is 1. The van der Waals surface area contributed by atoms with E-state index in [1.807, 2.05) is 0 Å². The highest BCUT2D eigenvalue weighted by molar-refractivity contribution is 7.90. The number of sulfone groups is 1. The van der Waals surface area contributed by atoms with Crippen LogP contribution in [0.25, 0.3) is 0 Å². The van der Waals surface area contributed by atoms with Gasteiger partial charge in [0.1, 0.15) is 4.90 Å². The van der Waals surface area contributed by atoms with Crippen LogP contribution in [0.2, 0.25) is 10.0 Å². The van der Waals surface area contributed by atoms with Crippen molar-refractivity contribution in [3.05, 3.63) is 46.4 Å². The minimum Gasteiger partial charge on any atom is -0.493 e. The van der Waals surface area contributed by atoms with Crippen LogP contribution in [0.1, 0.15) is 0 Å². The number of rotatable bonds is 6. The Kier molecular flexibility index (Phi) is 6.16. The SMILES string of the molecule is COc1c(NCC(=O)Nc2ccc(Cl)cc2)cc(Cl)cc1S(C)(=O)=O. The Labute approximate surface area is 156 Å². The maximum Gasteiger partial charge on any atom is 0.243 e. The number of benzene rings is 2. The van der Waals surface area contributed by atoms with Crippen LogP contribution < -0.4 is 15.4 Å². The molecule has 134 valence electrons. The third kappa shape index (κ3) is 5.26. The molecular weight excluding hydrogens is 387 g/mol. The Morgan fingerprint density at radius 3 is 2.32 bits per heavy atom. The third-order valence-electron chi connectivity index (χ3n) is 3.19. The fourth-order valence-corrected chi connectivity index (χ4v) is 3.38. The number of nitrogens with one attached hydrogen (secondary N) is 2. The normalized spacial score (nSPS) is 11.0. The molecule has 0 spiro atoms. The summed E-state index contributed by atoms with van der Waals surface area (Å²) in [7, 11) is -2.20. The summed E-state index contributed by atoms with van der Waals surface area (Å²) in [6, 6.07) is 9.44. The molecule has 2 aromatic rings. The van der Waals surface area contributed by atoms with Crippen LogP contribution in [0.15, 0.2) is 41.3 Å².